The molecule has 0 saturated carbocycles. The summed E-state index contributed by atoms with van der Waals surface area (Å²) in [7, 11) is 1.55. The molecule has 7 heteroatoms. The summed E-state index contributed by atoms with van der Waals surface area (Å²) in [5.74, 6) is 0.895. The van der Waals surface area contributed by atoms with Crippen LogP contribution in [0.5, 0.6) is 5.75 Å². The Labute approximate surface area is 153 Å². The molecule has 25 heavy (non-hydrogen) atoms. The van der Waals surface area contributed by atoms with Crippen LogP contribution in [0.25, 0.3) is 0 Å². The van der Waals surface area contributed by atoms with Crippen molar-refractivity contribution in [1.29, 1.82) is 0 Å². The second kappa shape index (κ2) is 8.36. The van der Waals surface area contributed by atoms with E-state index in [2.05, 4.69) is 4.90 Å². The van der Waals surface area contributed by atoms with Crippen molar-refractivity contribution in [3.8, 4) is 5.75 Å². The lowest BCUT2D eigenvalue weighted by Crippen LogP contribution is -2.41. The number of carbonyl (C=O) groups is 1. The number of halogens is 1. The summed E-state index contributed by atoms with van der Waals surface area (Å²) < 4.78 is 10.5. The van der Waals surface area contributed by atoms with Gasteiger partial charge in [0.15, 0.2) is 0 Å². The summed E-state index contributed by atoms with van der Waals surface area (Å²) in [6.07, 6.45) is 0. The lowest BCUT2D eigenvalue weighted by Gasteiger charge is -2.30. The van der Waals surface area contributed by atoms with Gasteiger partial charge in [-0.05, 0) is 24.1 Å². The Morgan fingerprint density at radius 1 is 1.32 bits per heavy atom. The van der Waals surface area contributed by atoms with E-state index in [0.29, 0.717) is 29.4 Å². The molecule has 2 heterocycles. The van der Waals surface area contributed by atoms with Gasteiger partial charge in [-0.2, -0.15) is 0 Å². The standard InChI is InChI=1S/C18H25ClN2O4/c1-24-17-3-2-13(8-16(17)19)18(23)21-10-14(15(11-21)12-22)9-20-4-6-25-7-5-20/h2-3,8,14-15,22H,4-7,9-12H2,1H3/t14-,15-/m1/s1. The van der Waals surface area contributed by atoms with E-state index in [0.717, 1.165) is 32.8 Å². The first kappa shape index (κ1) is 18.5. The number of rotatable bonds is 5. The van der Waals surface area contributed by atoms with E-state index in [1.165, 1.54) is 0 Å². The molecule has 2 saturated heterocycles. The van der Waals surface area contributed by atoms with Crippen molar-refractivity contribution in [2.45, 2.75) is 0 Å². The molecule has 0 unspecified atom stereocenters. The first-order chi connectivity index (χ1) is 12.1. The Hall–Kier alpha value is -1.34. The first-order valence-corrected chi connectivity index (χ1v) is 9.04. The number of hydrogen-bond donors (Lipinski definition) is 1. The molecule has 1 N–H and O–H groups in total. The normalized spacial score (nSPS) is 24.5. The molecule has 0 radical (unpaired) electrons. The van der Waals surface area contributed by atoms with Crippen molar-refractivity contribution >= 4 is 17.5 Å². The van der Waals surface area contributed by atoms with Crippen LogP contribution in [0, 0.1) is 11.8 Å². The quantitative estimate of drug-likeness (QED) is 0.850. The molecule has 1 amide bonds. The van der Waals surface area contributed by atoms with Gasteiger partial charge in [0, 0.05) is 50.8 Å². The molecule has 0 aliphatic carbocycles. The molecule has 3 rings (SSSR count). The number of amides is 1. The van der Waals surface area contributed by atoms with E-state index in [4.69, 9.17) is 21.1 Å². The van der Waals surface area contributed by atoms with Crippen molar-refractivity contribution in [3.63, 3.8) is 0 Å². The van der Waals surface area contributed by atoms with Gasteiger partial charge in [-0.15, -0.1) is 0 Å². The number of ether oxygens (including phenoxy) is 2. The van der Waals surface area contributed by atoms with E-state index in [-0.39, 0.29) is 24.3 Å². The van der Waals surface area contributed by atoms with E-state index in [9.17, 15) is 9.90 Å². The van der Waals surface area contributed by atoms with Crippen LogP contribution in [0.4, 0.5) is 0 Å². The summed E-state index contributed by atoms with van der Waals surface area (Å²) >= 11 is 6.14. The lowest BCUT2D eigenvalue weighted by atomic mass is 9.96. The van der Waals surface area contributed by atoms with Crippen molar-refractivity contribution in [3.05, 3.63) is 28.8 Å². The zero-order chi connectivity index (χ0) is 17.8. The molecule has 6 nitrogen and oxygen atoms in total. The van der Waals surface area contributed by atoms with Gasteiger partial charge in [0.2, 0.25) is 0 Å². The zero-order valence-corrected chi connectivity index (χ0v) is 15.2. The minimum atomic E-state index is -0.0486. The number of morpholine rings is 1. The number of hydrogen-bond acceptors (Lipinski definition) is 5. The van der Waals surface area contributed by atoms with Crippen LogP contribution in [0.15, 0.2) is 18.2 Å². The van der Waals surface area contributed by atoms with Crippen molar-refractivity contribution in [1.82, 2.24) is 9.80 Å². The molecule has 2 aliphatic rings. The Morgan fingerprint density at radius 2 is 2.04 bits per heavy atom. The lowest BCUT2D eigenvalue weighted by molar-refractivity contribution is 0.0264. The highest BCUT2D eigenvalue weighted by atomic mass is 35.5. The molecule has 2 fully saturated rings. The number of aliphatic hydroxyl groups excluding tert-OH is 1. The number of likely N-dealkylation sites (tertiary alicyclic amines) is 1. The van der Waals surface area contributed by atoms with Gasteiger partial charge in [0.25, 0.3) is 5.91 Å². The van der Waals surface area contributed by atoms with Crippen LogP contribution in [0.3, 0.4) is 0 Å². The Morgan fingerprint density at radius 3 is 2.68 bits per heavy atom. The molecular formula is C18H25ClN2O4. The average Bonchev–Trinajstić information content (AvgIpc) is 3.04. The van der Waals surface area contributed by atoms with E-state index < -0.39 is 0 Å². The van der Waals surface area contributed by atoms with Gasteiger partial charge >= 0.3 is 0 Å². The minimum Gasteiger partial charge on any atom is -0.495 e. The topological polar surface area (TPSA) is 62.2 Å². The SMILES string of the molecule is COc1ccc(C(=O)N2C[C@@H](CN3CCOCC3)[C@@H](CO)C2)cc1Cl. The Kier molecular flexibility index (Phi) is 6.17. The van der Waals surface area contributed by atoms with E-state index >= 15 is 0 Å². The molecule has 0 spiro atoms. The number of carbonyl (C=O) groups excluding carboxylic acids is 1. The van der Waals surface area contributed by atoms with Gasteiger partial charge < -0.3 is 19.5 Å². The smallest absolute Gasteiger partial charge is 0.253 e. The van der Waals surface area contributed by atoms with Crippen molar-refractivity contribution in [2.75, 3.05) is 59.7 Å². The molecule has 0 bridgehead atoms. The predicted molar refractivity (Wildman–Crippen MR) is 95.2 cm³/mol. The highest BCUT2D eigenvalue weighted by molar-refractivity contribution is 6.32. The third-order valence-electron chi connectivity index (χ3n) is 5.09. The van der Waals surface area contributed by atoms with Gasteiger partial charge in [-0.3, -0.25) is 9.69 Å². The van der Waals surface area contributed by atoms with Crippen LogP contribution in [0.1, 0.15) is 10.4 Å². The molecule has 138 valence electrons. The monoisotopic (exact) mass is 368 g/mol. The first-order valence-electron chi connectivity index (χ1n) is 8.66. The van der Waals surface area contributed by atoms with E-state index in [1.54, 1.807) is 25.3 Å². The van der Waals surface area contributed by atoms with Crippen LogP contribution in [0.2, 0.25) is 5.02 Å². The highest BCUT2D eigenvalue weighted by Gasteiger charge is 2.36. The second-order valence-corrected chi connectivity index (χ2v) is 7.08. The number of benzene rings is 1. The Balaban J connectivity index is 1.66. The third-order valence-corrected chi connectivity index (χ3v) is 5.39. The van der Waals surface area contributed by atoms with Gasteiger partial charge in [-0.1, -0.05) is 11.6 Å². The molecule has 2 atom stereocenters. The van der Waals surface area contributed by atoms with E-state index in [1.807, 2.05) is 4.90 Å². The minimum absolute atomic E-state index is 0.0486. The fourth-order valence-corrected chi connectivity index (χ4v) is 3.87. The van der Waals surface area contributed by atoms with Gasteiger partial charge in [-0.25, -0.2) is 0 Å². The maximum atomic E-state index is 12.8. The highest BCUT2D eigenvalue weighted by Crippen LogP contribution is 2.29. The van der Waals surface area contributed by atoms with Crippen LogP contribution < -0.4 is 4.74 Å². The largest absolute Gasteiger partial charge is 0.495 e. The maximum absolute atomic E-state index is 12.8. The zero-order valence-electron chi connectivity index (χ0n) is 14.5. The summed E-state index contributed by atoms with van der Waals surface area (Å²) in [4.78, 5) is 17.0. The Bertz CT molecular complexity index is 607. The molecule has 0 aromatic heterocycles. The molecule has 2 aliphatic heterocycles. The number of nitrogens with zero attached hydrogens (tertiary/aromatic N) is 2. The summed E-state index contributed by atoms with van der Waals surface area (Å²) in [6.45, 7) is 5.56. The second-order valence-electron chi connectivity index (χ2n) is 6.68. The van der Waals surface area contributed by atoms with Gasteiger partial charge in [0.1, 0.15) is 5.75 Å². The predicted octanol–water partition coefficient (Wildman–Crippen LogP) is 1.36. The van der Waals surface area contributed by atoms with Crippen LogP contribution in [-0.2, 0) is 4.74 Å². The molecule has 1 aromatic carbocycles. The van der Waals surface area contributed by atoms with Gasteiger partial charge in [0.05, 0.1) is 25.3 Å². The maximum Gasteiger partial charge on any atom is 0.253 e. The van der Waals surface area contributed by atoms with Crippen molar-refractivity contribution < 1.29 is 19.4 Å². The average molecular weight is 369 g/mol. The summed E-state index contributed by atoms with van der Waals surface area (Å²) in [5.41, 5.74) is 0.550. The number of methoxy groups -OCH3 is 1. The fourth-order valence-electron chi connectivity index (χ4n) is 3.62. The summed E-state index contributed by atoms with van der Waals surface area (Å²) in [6, 6.07) is 5.09. The molecular weight excluding hydrogens is 344 g/mol. The number of aliphatic hydroxyl groups is 1. The third kappa shape index (κ3) is 4.26. The van der Waals surface area contributed by atoms with Crippen LogP contribution >= 0.6 is 11.6 Å². The fraction of sp³-hybridized carbons (Fsp3) is 0.611. The molecule has 1 aromatic rings. The van der Waals surface area contributed by atoms with Crippen LogP contribution in [-0.4, -0.2) is 80.5 Å². The summed E-state index contributed by atoms with van der Waals surface area (Å²) in [5, 5.41) is 10.2. The van der Waals surface area contributed by atoms with Crippen molar-refractivity contribution in [2.24, 2.45) is 11.8 Å².